The number of aliphatic hydroxyl groups excluding tert-OH is 4. The number of hydrogen-bond acceptors (Lipinski definition) is 12. The summed E-state index contributed by atoms with van der Waals surface area (Å²) < 4.78 is 0. The van der Waals surface area contributed by atoms with Crippen LogP contribution in [0.2, 0.25) is 0 Å². The normalized spacial score (nSPS) is 16.2. The molecule has 8 N–H and O–H groups in total. The van der Waals surface area contributed by atoms with Gasteiger partial charge in [-0.3, -0.25) is 19.2 Å². The summed E-state index contributed by atoms with van der Waals surface area (Å²) in [6, 6.07) is 18.5. The van der Waals surface area contributed by atoms with Crippen LogP contribution in [-0.2, 0) is 19.2 Å². The van der Waals surface area contributed by atoms with Crippen LogP contribution in [0.3, 0.4) is 0 Å². The molecule has 8 unspecified atom stereocenters. The Kier molecular flexibility index (Phi) is 84.0. The molecular weight excluding hydrogens is 1660 g/mol. The summed E-state index contributed by atoms with van der Waals surface area (Å²) in [6.45, 7) is 25.0. The molecule has 4 aliphatic rings. The second kappa shape index (κ2) is 91.0. The van der Waals surface area contributed by atoms with E-state index in [2.05, 4.69) is 94.6 Å². The molecule has 0 bridgehead atoms. The van der Waals surface area contributed by atoms with Gasteiger partial charge in [-0.15, -0.1) is 0 Å². The van der Waals surface area contributed by atoms with Crippen LogP contribution in [0.25, 0.3) is 0 Å². The molecule has 0 aliphatic carbocycles. The molecule has 4 fully saturated rings. The summed E-state index contributed by atoms with van der Waals surface area (Å²) in [4.78, 5) is 59.7. The van der Waals surface area contributed by atoms with E-state index in [1.165, 1.54) is 372 Å². The molecule has 16 heteroatoms. The number of aliphatic hydroxyl groups is 4. The maximum atomic E-state index is 12.8. The van der Waals surface area contributed by atoms with Gasteiger partial charge in [0, 0.05) is 51.9 Å². The monoisotopic (exact) mass is 1870 g/mol. The molecule has 134 heavy (non-hydrogen) atoms. The number of hydrogen-bond donors (Lipinski definition) is 8. The van der Waals surface area contributed by atoms with E-state index < -0.39 is 24.4 Å². The van der Waals surface area contributed by atoms with Crippen LogP contribution in [0.4, 0.5) is 0 Å². The van der Waals surface area contributed by atoms with Gasteiger partial charge in [0.25, 0.3) is 0 Å². The number of carbonyl (C=O) groups excluding carboxylic acids is 4. The third-order valence-electron chi connectivity index (χ3n) is 28.5. The minimum Gasteiger partial charge on any atom is -0.387 e. The van der Waals surface area contributed by atoms with Crippen LogP contribution >= 0.6 is 0 Å². The first-order chi connectivity index (χ1) is 65.7. The molecule has 4 saturated heterocycles. The fourth-order valence-electron chi connectivity index (χ4n) is 19.8. The van der Waals surface area contributed by atoms with Crippen molar-refractivity contribution in [1.82, 2.24) is 40.9 Å². The number of benzene rings is 2. The summed E-state index contributed by atoms with van der Waals surface area (Å²) in [6.07, 6.45) is 95.2. The highest BCUT2D eigenvalue weighted by Gasteiger charge is 2.30. The van der Waals surface area contributed by atoms with E-state index >= 15 is 0 Å². The second-order valence-electron chi connectivity index (χ2n) is 41.2. The van der Waals surface area contributed by atoms with Crippen molar-refractivity contribution < 1.29 is 39.6 Å². The topological polar surface area (TPSA) is 210 Å². The van der Waals surface area contributed by atoms with Crippen LogP contribution in [0.5, 0.6) is 0 Å². The molecule has 0 radical (unpaired) electrons. The lowest BCUT2D eigenvalue weighted by Crippen LogP contribution is -2.49. The van der Waals surface area contributed by atoms with E-state index in [1.54, 1.807) is 0 Å². The molecule has 0 spiro atoms. The zero-order chi connectivity index (χ0) is 96.5. The van der Waals surface area contributed by atoms with Gasteiger partial charge in [-0.1, -0.05) is 460 Å². The Hall–Kier alpha value is -4.52. The number of unbranched alkanes of at least 4 members (excludes halogenated alkanes) is 54. The molecular formula is C118H216N8O8. The standard InChI is InChI=1S/C38H74N2O2.C30H58N2O2.C29H50N2O2.C21H34N2O2/c1-3-5-7-9-11-13-15-17-19-21-23-25-27-31-37(41)36(35-40-33-29-30-34-40)39-38(42)32-28-26-24-22-20-18-16-14-12-10-8-6-4-2;1-3-5-7-9-10-11-12-13-14-15-16-18-19-23-29(33)28(27-32-25-21-22-26-32)31-30(34)24-20-17-8-6-4-2;1-2-3-4-5-6-7-8-9-10-11-12-13-17-22-28(32)30-27(25-31-23-18-19-24-31)29(33)26-20-15-14-16-21-26;1-2-3-4-5-9-14-20(24)22-19(17-23-15-10-11-16-23)21(25)18-12-7-6-8-13-18/h27,31,36-37,41H,3-26,28-30,32-35H2,1-2H3,(H,39,42);19,23,28-29,33H,3-18,20-22,24-27H2,1-2H3,(H,31,34);14-16,20-21,27,29,33H,2-13,17-19,22-25H2,1H3,(H,30,32);6-8,12-13,19,21,25H,2-5,9-11,14-17H2,1H3,(H,22,24)/b31-27+;23-19+;;. The first-order valence-electron chi connectivity index (χ1n) is 58.0. The van der Waals surface area contributed by atoms with Gasteiger partial charge in [0.2, 0.25) is 23.6 Å². The van der Waals surface area contributed by atoms with Crippen LogP contribution in [-0.4, -0.2) is 179 Å². The largest absolute Gasteiger partial charge is 0.387 e. The summed E-state index contributed by atoms with van der Waals surface area (Å²) in [7, 11) is 0. The fraction of sp³-hybridized carbons (Fsp3) is 0.831. The van der Waals surface area contributed by atoms with E-state index in [4.69, 9.17) is 0 Å². The van der Waals surface area contributed by atoms with Gasteiger partial charge in [0.05, 0.1) is 36.4 Å². The number of amides is 4. The summed E-state index contributed by atoms with van der Waals surface area (Å²) in [5.41, 5.74) is 1.75. The number of rotatable bonds is 84. The first kappa shape index (κ1) is 124. The molecule has 4 aliphatic heterocycles. The maximum Gasteiger partial charge on any atom is 0.220 e. The Morgan fingerprint density at radius 2 is 0.418 bits per heavy atom. The van der Waals surface area contributed by atoms with Crippen molar-refractivity contribution in [3.8, 4) is 0 Å². The fourth-order valence-corrected chi connectivity index (χ4v) is 19.8. The van der Waals surface area contributed by atoms with Crippen LogP contribution < -0.4 is 21.3 Å². The Bertz CT molecular complexity index is 2960. The molecule has 4 amide bonds. The molecule has 0 aromatic heterocycles. The van der Waals surface area contributed by atoms with E-state index in [0.717, 1.165) is 154 Å². The molecule has 6 rings (SSSR count). The minimum atomic E-state index is -0.664. The zero-order valence-electron chi connectivity index (χ0n) is 88.3. The van der Waals surface area contributed by atoms with E-state index in [0.29, 0.717) is 25.7 Å². The number of allylic oxidation sites excluding steroid dienone is 2. The van der Waals surface area contributed by atoms with Crippen molar-refractivity contribution in [2.75, 3.05) is 78.5 Å². The van der Waals surface area contributed by atoms with Crippen molar-refractivity contribution in [1.29, 1.82) is 0 Å². The Labute approximate surface area is 826 Å². The highest BCUT2D eigenvalue weighted by atomic mass is 16.3. The smallest absolute Gasteiger partial charge is 0.220 e. The molecule has 8 atom stereocenters. The van der Waals surface area contributed by atoms with Crippen LogP contribution in [0, 0.1) is 0 Å². The highest BCUT2D eigenvalue weighted by Crippen LogP contribution is 2.26. The average Bonchev–Trinajstić information content (AvgIpc) is 1.33. The lowest BCUT2D eigenvalue weighted by atomic mass is 10.0. The van der Waals surface area contributed by atoms with Gasteiger partial charge >= 0.3 is 0 Å². The van der Waals surface area contributed by atoms with Gasteiger partial charge in [0.15, 0.2) is 0 Å². The van der Waals surface area contributed by atoms with Crippen molar-refractivity contribution in [3.05, 3.63) is 96.1 Å². The summed E-state index contributed by atoms with van der Waals surface area (Å²) in [5.74, 6) is 0.353. The van der Waals surface area contributed by atoms with Gasteiger partial charge in [-0.25, -0.2) is 0 Å². The molecule has 2 aromatic carbocycles. The van der Waals surface area contributed by atoms with Gasteiger partial charge in [0.1, 0.15) is 12.2 Å². The lowest BCUT2D eigenvalue weighted by Gasteiger charge is -2.28. The molecule has 4 heterocycles. The summed E-state index contributed by atoms with van der Waals surface area (Å²) in [5, 5.41) is 56.1. The number of nitrogens with one attached hydrogen (secondary N) is 4. The Balaban J connectivity index is 0.000000466. The van der Waals surface area contributed by atoms with Gasteiger partial charge in [-0.2, -0.15) is 0 Å². The van der Waals surface area contributed by atoms with Gasteiger partial charge < -0.3 is 61.3 Å². The molecule has 2 aromatic rings. The highest BCUT2D eigenvalue weighted by molar-refractivity contribution is 5.77. The van der Waals surface area contributed by atoms with E-state index in [9.17, 15) is 39.6 Å². The van der Waals surface area contributed by atoms with Gasteiger partial charge in [-0.05, 0) is 166 Å². The van der Waals surface area contributed by atoms with Crippen LogP contribution in [0.15, 0.2) is 85.0 Å². The van der Waals surface area contributed by atoms with Crippen molar-refractivity contribution >= 4 is 23.6 Å². The van der Waals surface area contributed by atoms with E-state index in [1.807, 2.05) is 72.8 Å². The number of likely N-dealkylation sites (tertiary alicyclic amines) is 4. The second-order valence-corrected chi connectivity index (χ2v) is 41.2. The van der Waals surface area contributed by atoms with Crippen LogP contribution in [0.1, 0.15) is 527 Å². The predicted octanol–water partition coefficient (Wildman–Crippen LogP) is 28.7. The third kappa shape index (κ3) is 71.0. The van der Waals surface area contributed by atoms with Crippen molar-refractivity contribution in [2.45, 2.75) is 552 Å². The third-order valence-corrected chi connectivity index (χ3v) is 28.5. The lowest BCUT2D eigenvalue weighted by molar-refractivity contribution is -0.123. The van der Waals surface area contributed by atoms with Crippen molar-refractivity contribution in [3.63, 3.8) is 0 Å². The minimum absolute atomic E-state index is 0.0654. The SMILES string of the molecule is CCCCCCCC(=O)NC(CN1CCCC1)C(O)c1ccccc1.CCCCCCCCCCCCC/C=C/C(O)C(CN1CCCC1)NC(=O)CCCCCCC.CCCCCCCCCCCCC/C=C/C(O)C(CN1CCCC1)NC(=O)CCCCCCCCCCCCCCC.CCCCCCCCCCCCCCCC(=O)NC(CN1CCCC1)C(O)c1ccccc1. The summed E-state index contributed by atoms with van der Waals surface area (Å²) >= 11 is 0. The predicted molar refractivity (Wildman–Crippen MR) is 573 cm³/mol. The Morgan fingerprint density at radius 3 is 0.619 bits per heavy atom. The number of nitrogens with zero attached hydrogens (tertiary/aromatic N) is 4. The molecule has 0 saturated carbocycles. The maximum absolute atomic E-state index is 12.8. The average molecular weight is 1880 g/mol. The Morgan fingerprint density at radius 1 is 0.246 bits per heavy atom. The zero-order valence-corrected chi connectivity index (χ0v) is 88.3. The molecule has 16 nitrogen and oxygen atoms in total. The number of carbonyl (C=O) groups is 4. The van der Waals surface area contributed by atoms with E-state index in [-0.39, 0.29) is 47.8 Å². The van der Waals surface area contributed by atoms with Crippen molar-refractivity contribution in [2.24, 2.45) is 0 Å². The first-order valence-corrected chi connectivity index (χ1v) is 58.0. The molecule has 776 valence electrons. The quantitative estimate of drug-likeness (QED) is 0.0230.